The minimum Gasteiger partial charge on any atom is -0.497 e. The van der Waals surface area contributed by atoms with Crippen LogP contribution < -0.4 is 9.47 Å². The van der Waals surface area contributed by atoms with Gasteiger partial charge in [0.05, 0.1) is 20.3 Å². The number of carboxylic acid groups (broad SMARTS) is 1. The molecule has 0 unspecified atom stereocenters. The van der Waals surface area contributed by atoms with Crippen molar-refractivity contribution < 1.29 is 29.3 Å². The number of amides is 1. The fourth-order valence-corrected chi connectivity index (χ4v) is 2.37. The third kappa shape index (κ3) is 3.08. The summed E-state index contributed by atoms with van der Waals surface area (Å²) >= 11 is 0. The standard InChI is InChI=1S/C14H17NO6/c1-20-10-3-8(4-11(6-10)21-2)13(17)15-7-9(16)5-12(15)14(18)19/h3-4,6,9,12,16H,5,7H2,1-2H3,(H,18,19)/t9-,12-/m1/s1. The number of carbonyl (C=O) groups excluding carboxylic acids is 1. The highest BCUT2D eigenvalue weighted by atomic mass is 16.5. The van der Waals surface area contributed by atoms with E-state index in [0.717, 1.165) is 4.90 Å². The van der Waals surface area contributed by atoms with Crippen LogP contribution in [-0.2, 0) is 4.79 Å². The lowest BCUT2D eigenvalue weighted by atomic mass is 10.1. The molecule has 1 saturated heterocycles. The molecule has 0 radical (unpaired) electrons. The smallest absolute Gasteiger partial charge is 0.326 e. The average molecular weight is 295 g/mol. The molecule has 114 valence electrons. The Morgan fingerprint density at radius 2 is 1.76 bits per heavy atom. The highest BCUT2D eigenvalue weighted by molar-refractivity contribution is 5.97. The van der Waals surface area contributed by atoms with Crippen LogP contribution in [0.5, 0.6) is 11.5 Å². The number of hydrogen-bond acceptors (Lipinski definition) is 5. The van der Waals surface area contributed by atoms with Crippen LogP contribution in [0, 0.1) is 0 Å². The molecule has 1 aliphatic heterocycles. The molecule has 2 N–H and O–H groups in total. The lowest BCUT2D eigenvalue weighted by Crippen LogP contribution is -2.40. The summed E-state index contributed by atoms with van der Waals surface area (Å²) in [4.78, 5) is 24.8. The van der Waals surface area contributed by atoms with Crippen molar-refractivity contribution in [3.63, 3.8) is 0 Å². The van der Waals surface area contributed by atoms with E-state index in [1.54, 1.807) is 6.07 Å². The zero-order valence-corrected chi connectivity index (χ0v) is 11.8. The van der Waals surface area contributed by atoms with E-state index in [0.29, 0.717) is 11.5 Å². The number of aliphatic hydroxyl groups excluding tert-OH is 1. The molecular formula is C14H17NO6. The fourth-order valence-electron chi connectivity index (χ4n) is 2.37. The summed E-state index contributed by atoms with van der Waals surface area (Å²) in [7, 11) is 2.92. The van der Waals surface area contributed by atoms with Gasteiger partial charge in [0.25, 0.3) is 5.91 Å². The summed E-state index contributed by atoms with van der Waals surface area (Å²) in [5.41, 5.74) is 0.256. The Morgan fingerprint density at radius 3 is 2.24 bits per heavy atom. The summed E-state index contributed by atoms with van der Waals surface area (Å²) < 4.78 is 10.2. The molecule has 1 amide bonds. The summed E-state index contributed by atoms with van der Waals surface area (Å²) in [5, 5.41) is 18.8. The molecule has 0 bridgehead atoms. The molecule has 0 spiro atoms. The minimum atomic E-state index is -1.13. The first-order valence-corrected chi connectivity index (χ1v) is 6.41. The summed E-state index contributed by atoms with van der Waals surface area (Å²) in [6.07, 6.45) is -0.801. The second kappa shape index (κ2) is 6.01. The van der Waals surface area contributed by atoms with Gasteiger partial charge in [-0.05, 0) is 12.1 Å². The van der Waals surface area contributed by atoms with Gasteiger partial charge in [-0.3, -0.25) is 4.79 Å². The second-order valence-corrected chi connectivity index (χ2v) is 4.80. The lowest BCUT2D eigenvalue weighted by molar-refractivity contribution is -0.141. The van der Waals surface area contributed by atoms with E-state index in [4.69, 9.17) is 14.6 Å². The second-order valence-electron chi connectivity index (χ2n) is 4.80. The number of rotatable bonds is 4. The quantitative estimate of drug-likeness (QED) is 0.833. The molecule has 0 aromatic heterocycles. The number of likely N-dealkylation sites (tertiary alicyclic amines) is 1. The van der Waals surface area contributed by atoms with Crippen molar-refractivity contribution in [2.75, 3.05) is 20.8 Å². The molecule has 7 nitrogen and oxygen atoms in total. The number of methoxy groups -OCH3 is 2. The molecule has 2 atom stereocenters. The maximum Gasteiger partial charge on any atom is 0.326 e. The number of carboxylic acids is 1. The molecule has 1 fully saturated rings. The van der Waals surface area contributed by atoms with Crippen LogP contribution in [0.25, 0.3) is 0 Å². The zero-order chi connectivity index (χ0) is 15.6. The van der Waals surface area contributed by atoms with Gasteiger partial charge >= 0.3 is 5.97 Å². The summed E-state index contributed by atoms with van der Waals surface area (Å²) in [6, 6.07) is 3.61. The van der Waals surface area contributed by atoms with Crippen molar-refractivity contribution in [3.8, 4) is 11.5 Å². The van der Waals surface area contributed by atoms with Crippen molar-refractivity contribution >= 4 is 11.9 Å². The fraction of sp³-hybridized carbons (Fsp3) is 0.429. The van der Waals surface area contributed by atoms with Crippen LogP contribution in [-0.4, -0.2) is 59.9 Å². The summed E-state index contributed by atoms with van der Waals surface area (Å²) in [5.74, 6) is -0.737. The van der Waals surface area contributed by atoms with Crippen molar-refractivity contribution in [1.82, 2.24) is 4.90 Å². The largest absolute Gasteiger partial charge is 0.497 e. The molecule has 2 rings (SSSR count). The van der Waals surface area contributed by atoms with Crippen LogP contribution in [0.15, 0.2) is 18.2 Å². The van der Waals surface area contributed by atoms with Gasteiger partial charge in [0.1, 0.15) is 17.5 Å². The molecule has 0 aliphatic carbocycles. The van der Waals surface area contributed by atoms with Crippen molar-refractivity contribution in [2.45, 2.75) is 18.6 Å². The predicted octanol–water partition coefficient (Wildman–Crippen LogP) is 0.364. The first-order valence-electron chi connectivity index (χ1n) is 6.41. The Kier molecular flexibility index (Phi) is 4.32. The molecule has 0 saturated carbocycles. The van der Waals surface area contributed by atoms with E-state index in [1.807, 2.05) is 0 Å². The molecule has 1 heterocycles. The van der Waals surface area contributed by atoms with Crippen molar-refractivity contribution in [2.24, 2.45) is 0 Å². The Hall–Kier alpha value is -2.28. The number of β-amino-alcohol motifs (C(OH)–C–C–N with tert-alkyl or cyclic N) is 1. The van der Waals surface area contributed by atoms with E-state index >= 15 is 0 Å². The summed E-state index contributed by atoms with van der Waals surface area (Å²) in [6.45, 7) is -0.00464. The molecule has 7 heteroatoms. The number of benzene rings is 1. The van der Waals surface area contributed by atoms with Crippen LogP contribution in [0.3, 0.4) is 0 Å². The van der Waals surface area contributed by atoms with Crippen LogP contribution >= 0.6 is 0 Å². The Morgan fingerprint density at radius 1 is 1.19 bits per heavy atom. The third-order valence-electron chi connectivity index (χ3n) is 3.42. The van der Waals surface area contributed by atoms with Crippen LogP contribution in [0.4, 0.5) is 0 Å². The predicted molar refractivity (Wildman–Crippen MR) is 72.6 cm³/mol. The van der Waals surface area contributed by atoms with Gasteiger partial charge in [0.15, 0.2) is 0 Å². The van der Waals surface area contributed by atoms with E-state index < -0.39 is 24.0 Å². The number of hydrogen-bond donors (Lipinski definition) is 2. The SMILES string of the molecule is COc1cc(OC)cc(C(=O)N2C[C@H](O)C[C@@H]2C(=O)O)c1. The Balaban J connectivity index is 2.32. The molecule has 1 aromatic carbocycles. The van der Waals surface area contributed by atoms with E-state index in [9.17, 15) is 14.7 Å². The topological polar surface area (TPSA) is 96.3 Å². The molecular weight excluding hydrogens is 278 g/mol. The van der Waals surface area contributed by atoms with Gasteiger partial charge < -0.3 is 24.6 Å². The van der Waals surface area contributed by atoms with Crippen molar-refractivity contribution in [3.05, 3.63) is 23.8 Å². The number of nitrogens with zero attached hydrogens (tertiary/aromatic N) is 1. The maximum atomic E-state index is 12.5. The Bertz CT molecular complexity index is 536. The maximum absolute atomic E-state index is 12.5. The highest BCUT2D eigenvalue weighted by Crippen LogP contribution is 2.26. The number of carbonyl (C=O) groups is 2. The first-order chi connectivity index (χ1) is 9.96. The van der Waals surface area contributed by atoms with Gasteiger partial charge in [-0.1, -0.05) is 0 Å². The van der Waals surface area contributed by atoms with Gasteiger partial charge in [-0.15, -0.1) is 0 Å². The van der Waals surface area contributed by atoms with E-state index in [2.05, 4.69) is 0 Å². The van der Waals surface area contributed by atoms with E-state index in [1.165, 1.54) is 26.4 Å². The molecule has 21 heavy (non-hydrogen) atoms. The van der Waals surface area contributed by atoms with Gasteiger partial charge in [-0.25, -0.2) is 4.79 Å². The minimum absolute atomic E-state index is 0.00464. The van der Waals surface area contributed by atoms with E-state index in [-0.39, 0.29) is 18.5 Å². The zero-order valence-electron chi connectivity index (χ0n) is 11.8. The van der Waals surface area contributed by atoms with Gasteiger partial charge in [0, 0.05) is 24.6 Å². The average Bonchev–Trinajstić information content (AvgIpc) is 2.88. The highest BCUT2D eigenvalue weighted by Gasteiger charge is 2.39. The molecule has 1 aliphatic rings. The van der Waals surface area contributed by atoms with Crippen LogP contribution in [0.2, 0.25) is 0 Å². The first kappa shape index (κ1) is 15.1. The van der Waals surface area contributed by atoms with Gasteiger partial charge in [0.2, 0.25) is 0 Å². The number of ether oxygens (including phenoxy) is 2. The lowest BCUT2D eigenvalue weighted by Gasteiger charge is -2.21. The van der Waals surface area contributed by atoms with Crippen molar-refractivity contribution in [1.29, 1.82) is 0 Å². The Labute approximate surface area is 121 Å². The number of aliphatic hydroxyl groups is 1. The van der Waals surface area contributed by atoms with Crippen LogP contribution in [0.1, 0.15) is 16.8 Å². The normalized spacial score (nSPS) is 21.2. The number of aliphatic carboxylic acids is 1. The third-order valence-corrected chi connectivity index (χ3v) is 3.42. The molecule has 1 aromatic rings. The monoisotopic (exact) mass is 295 g/mol. The van der Waals surface area contributed by atoms with Gasteiger partial charge in [-0.2, -0.15) is 0 Å².